The Morgan fingerprint density at radius 3 is 2.35 bits per heavy atom. The monoisotopic (exact) mass is 313 g/mol. The van der Waals surface area contributed by atoms with Crippen molar-refractivity contribution in [1.82, 2.24) is 0 Å². The Kier molecular flexibility index (Phi) is 6.43. The second-order valence-corrected chi connectivity index (χ2v) is 5.07. The van der Waals surface area contributed by atoms with Crippen LogP contribution < -0.4 is 9.47 Å². The number of nitrogens with zero attached hydrogens (tertiary/aromatic N) is 1. The Bertz CT molecular complexity index is 666. The molecule has 0 heterocycles. The van der Waals surface area contributed by atoms with Gasteiger partial charge >= 0.3 is 0 Å². The van der Waals surface area contributed by atoms with Gasteiger partial charge in [-0.2, -0.15) is 5.26 Å². The number of para-hydroxylation sites is 2. The molecule has 120 valence electrons. The van der Waals surface area contributed by atoms with E-state index in [9.17, 15) is 9.65 Å². The Morgan fingerprint density at radius 2 is 1.70 bits per heavy atom. The van der Waals surface area contributed by atoms with Crippen molar-refractivity contribution in [1.29, 1.82) is 5.26 Å². The van der Waals surface area contributed by atoms with Gasteiger partial charge in [-0.15, -0.1) is 0 Å². The first-order valence-corrected chi connectivity index (χ1v) is 7.75. The van der Waals surface area contributed by atoms with Crippen molar-refractivity contribution in [2.75, 3.05) is 13.2 Å². The predicted octanol–water partition coefficient (Wildman–Crippen LogP) is 4.69. The van der Waals surface area contributed by atoms with Crippen LogP contribution in [0.2, 0.25) is 0 Å². The maximum atomic E-state index is 13.7. The Labute approximate surface area is 136 Å². The minimum absolute atomic E-state index is 0.332. The third-order valence-corrected chi connectivity index (χ3v) is 3.48. The van der Waals surface area contributed by atoms with E-state index in [0.29, 0.717) is 43.1 Å². The van der Waals surface area contributed by atoms with Crippen LogP contribution in [-0.2, 0) is 0 Å². The van der Waals surface area contributed by atoms with Gasteiger partial charge in [0, 0.05) is 5.56 Å². The molecule has 4 heteroatoms. The molecule has 0 radical (unpaired) electrons. The fraction of sp³-hybridized carbons (Fsp3) is 0.316. The summed E-state index contributed by atoms with van der Waals surface area (Å²) in [6.45, 7) is 2.95. The van der Waals surface area contributed by atoms with Gasteiger partial charge in [0.05, 0.1) is 25.2 Å². The number of ether oxygens (including phenoxy) is 2. The molecule has 23 heavy (non-hydrogen) atoms. The number of benzene rings is 2. The van der Waals surface area contributed by atoms with Crippen LogP contribution in [-0.4, -0.2) is 13.2 Å². The van der Waals surface area contributed by atoms with Gasteiger partial charge in [-0.05, 0) is 38.0 Å². The van der Waals surface area contributed by atoms with Crippen LogP contribution in [0, 0.1) is 17.1 Å². The van der Waals surface area contributed by atoms with E-state index < -0.39 is 5.92 Å². The van der Waals surface area contributed by atoms with Crippen molar-refractivity contribution >= 4 is 0 Å². The molecule has 0 fully saturated rings. The lowest BCUT2D eigenvalue weighted by atomic mass is 9.95. The first kappa shape index (κ1) is 16.8. The molecular weight excluding hydrogens is 293 g/mol. The van der Waals surface area contributed by atoms with E-state index in [4.69, 9.17) is 9.47 Å². The molecule has 0 aliphatic rings. The van der Waals surface area contributed by atoms with Crippen LogP contribution >= 0.6 is 0 Å². The van der Waals surface area contributed by atoms with Crippen LogP contribution in [0.3, 0.4) is 0 Å². The van der Waals surface area contributed by atoms with Gasteiger partial charge in [0.15, 0.2) is 11.5 Å². The standard InChI is InChI=1S/C19H20FNO2/c1-2-22-18-11-5-6-12-19(18)23-13-7-8-15(14-21)16-9-3-4-10-17(16)20/h3-6,9-12,15H,2,7-8,13H2,1H3. The number of hydrogen-bond acceptors (Lipinski definition) is 3. The molecule has 0 N–H and O–H groups in total. The predicted molar refractivity (Wildman–Crippen MR) is 87.1 cm³/mol. The maximum absolute atomic E-state index is 13.7. The average molecular weight is 313 g/mol. The van der Waals surface area contributed by atoms with E-state index in [2.05, 4.69) is 6.07 Å². The molecule has 3 nitrogen and oxygen atoms in total. The zero-order chi connectivity index (χ0) is 16.5. The van der Waals surface area contributed by atoms with E-state index in [1.54, 1.807) is 18.2 Å². The second kappa shape index (κ2) is 8.79. The number of halogens is 1. The summed E-state index contributed by atoms with van der Waals surface area (Å²) in [6, 6.07) is 16.1. The first-order valence-electron chi connectivity index (χ1n) is 7.75. The lowest BCUT2D eigenvalue weighted by molar-refractivity contribution is 0.270. The van der Waals surface area contributed by atoms with Gasteiger partial charge in [0.2, 0.25) is 0 Å². The minimum atomic E-state index is -0.457. The first-order chi connectivity index (χ1) is 11.3. The summed E-state index contributed by atoms with van der Waals surface area (Å²) >= 11 is 0. The van der Waals surface area contributed by atoms with Crippen molar-refractivity contribution in [2.45, 2.75) is 25.7 Å². The van der Waals surface area contributed by atoms with E-state index in [0.717, 1.165) is 0 Å². The minimum Gasteiger partial charge on any atom is -0.490 e. The van der Waals surface area contributed by atoms with Gasteiger partial charge in [0.25, 0.3) is 0 Å². The molecule has 1 unspecified atom stereocenters. The lowest BCUT2D eigenvalue weighted by Gasteiger charge is -2.13. The molecule has 1 atom stereocenters. The number of hydrogen-bond donors (Lipinski definition) is 0. The molecule has 0 aliphatic carbocycles. The van der Waals surface area contributed by atoms with Crippen LogP contribution in [0.1, 0.15) is 31.2 Å². The Hall–Kier alpha value is -2.54. The quantitative estimate of drug-likeness (QED) is 0.664. The highest BCUT2D eigenvalue weighted by molar-refractivity contribution is 5.39. The molecule has 0 saturated heterocycles. The number of rotatable bonds is 8. The van der Waals surface area contributed by atoms with Crippen LogP contribution in [0.5, 0.6) is 11.5 Å². The molecule has 0 amide bonds. The molecular formula is C19H20FNO2. The van der Waals surface area contributed by atoms with Gasteiger partial charge in [-0.3, -0.25) is 0 Å². The van der Waals surface area contributed by atoms with Gasteiger partial charge in [0.1, 0.15) is 5.82 Å². The Balaban J connectivity index is 1.88. The van der Waals surface area contributed by atoms with E-state index >= 15 is 0 Å². The molecule has 2 rings (SSSR count). The van der Waals surface area contributed by atoms with E-state index in [1.165, 1.54) is 6.07 Å². The summed E-state index contributed by atoms with van der Waals surface area (Å²) in [5.74, 6) is 0.610. The summed E-state index contributed by atoms with van der Waals surface area (Å²) in [6.07, 6.45) is 1.21. The summed E-state index contributed by atoms with van der Waals surface area (Å²) in [5.41, 5.74) is 0.449. The molecule has 0 aliphatic heterocycles. The SMILES string of the molecule is CCOc1ccccc1OCCCC(C#N)c1ccccc1F. The topological polar surface area (TPSA) is 42.2 Å². The third kappa shape index (κ3) is 4.72. The molecule has 0 saturated carbocycles. The third-order valence-electron chi connectivity index (χ3n) is 3.48. The Morgan fingerprint density at radius 1 is 1.04 bits per heavy atom. The average Bonchev–Trinajstić information content (AvgIpc) is 2.58. The largest absolute Gasteiger partial charge is 0.490 e. The molecule has 0 bridgehead atoms. The summed E-state index contributed by atoms with van der Waals surface area (Å²) in [4.78, 5) is 0. The van der Waals surface area contributed by atoms with Crippen molar-refractivity contribution in [3.63, 3.8) is 0 Å². The fourth-order valence-electron chi connectivity index (χ4n) is 2.36. The highest BCUT2D eigenvalue weighted by atomic mass is 19.1. The van der Waals surface area contributed by atoms with Crippen LogP contribution in [0.25, 0.3) is 0 Å². The van der Waals surface area contributed by atoms with Crippen molar-refractivity contribution in [3.05, 3.63) is 59.9 Å². The van der Waals surface area contributed by atoms with Gasteiger partial charge in [-0.25, -0.2) is 4.39 Å². The molecule has 2 aromatic rings. The summed E-state index contributed by atoms with van der Waals surface area (Å²) in [7, 11) is 0. The maximum Gasteiger partial charge on any atom is 0.161 e. The van der Waals surface area contributed by atoms with Gasteiger partial charge in [-0.1, -0.05) is 30.3 Å². The smallest absolute Gasteiger partial charge is 0.161 e. The van der Waals surface area contributed by atoms with Gasteiger partial charge < -0.3 is 9.47 Å². The molecule has 0 spiro atoms. The zero-order valence-electron chi connectivity index (χ0n) is 13.2. The van der Waals surface area contributed by atoms with Crippen LogP contribution in [0.15, 0.2) is 48.5 Å². The van der Waals surface area contributed by atoms with E-state index in [1.807, 2.05) is 31.2 Å². The number of nitriles is 1. The summed E-state index contributed by atoms with van der Waals surface area (Å²) in [5, 5.41) is 9.26. The highest BCUT2D eigenvalue weighted by Crippen LogP contribution is 2.27. The van der Waals surface area contributed by atoms with E-state index in [-0.39, 0.29) is 5.82 Å². The lowest BCUT2D eigenvalue weighted by Crippen LogP contribution is -2.04. The zero-order valence-corrected chi connectivity index (χ0v) is 13.2. The normalized spacial score (nSPS) is 11.5. The summed E-state index contributed by atoms with van der Waals surface area (Å²) < 4.78 is 25.0. The molecule has 2 aromatic carbocycles. The molecule has 0 aromatic heterocycles. The van der Waals surface area contributed by atoms with Crippen molar-refractivity contribution in [3.8, 4) is 17.6 Å². The van der Waals surface area contributed by atoms with Crippen LogP contribution in [0.4, 0.5) is 4.39 Å². The highest BCUT2D eigenvalue weighted by Gasteiger charge is 2.14. The second-order valence-electron chi connectivity index (χ2n) is 5.07. The van der Waals surface area contributed by atoms with Crippen molar-refractivity contribution in [2.24, 2.45) is 0 Å². The van der Waals surface area contributed by atoms with Crippen molar-refractivity contribution < 1.29 is 13.9 Å². The fourth-order valence-corrected chi connectivity index (χ4v) is 2.36.